The van der Waals surface area contributed by atoms with Gasteiger partial charge < -0.3 is 9.47 Å². The van der Waals surface area contributed by atoms with Crippen molar-refractivity contribution >= 4 is 33.8 Å². The second-order valence-corrected chi connectivity index (χ2v) is 5.17. The van der Waals surface area contributed by atoms with Crippen molar-refractivity contribution in [2.24, 2.45) is 4.99 Å². The molecule has 2 aromatic carbocycles. The summed E-state index contributed by atoms with van der Waals surface area (Å²) >= 11 is 0. The fourth-order valence-electron chi connectivity index (χ4n) is 2.64. The van der Waals surface area contributed by atoms with E-state index in [1.54, 1.807) is 0 Å². The summed E-state index contributed by atoms with van der Waals surface area (Å²) in [4.78, 5) is 6.43. The fourth-order valence-corrected chi connectivity index (χ4v) is 2.64. The number of hydrogen-bond acceptors (Lipinski definition) is 1. The molecule has 0 fully saturated rings. The summed E-state index contributed by atoms with van der Waals surface area (Å²) in [6.45, 7) is 3.16. The number of aromatic nitrogens is 1. The third kappa shape index (κ3) is 2.05. The van der Waals surface area contributed by atoms with Gasteiger partial charge in [0.15, 0.2) is 0 Å². The van der Waals surface area contributed by atoms with Gasteiger partial charge in [0, 0.05) is 42.4 Å². The molecule has 0 radical (unpaired) electrons. The molecule has 0 saturated carbocycles. The van der Waals surface area contributed by atoms with Crippen molar-refractivity contribution in [2.45, 2.75) is 13.5 Å². The Kier molecular flexibility index (Phi) is 3.18. The van der Waals surface area contributed by atoms with Crippen LogP contribution in [0.5, 0.6) is 0 Å². The molecule has 0 unspecified atom stereocenters. The Morgan fingerprint density at radius 2 is 1.80 bits per heavy atom. The quantitative estimate of drug-likeness (QED) is 0.517. The van der Waals surface area contributed by atoms with E-state index < -0.39 is 0 Å². The van der Waals surface area contributed by atoms with Crippen LogP contribution in [0.3, 0.4) is 0 Å². The highest BCUT2D eigenvalue weighted by Gasteiger charge is 2.09. The van der Waals surface area contributed by atoms with Crippen LogP contribution in [0, 0.1) is 0 Å². The van der Waals surface area contributed by atoms with Gasteiger partial charge in [0.05, 0.1) is 12.0 Å². The number of para-hydroxylation sites is 1. The van der Waals surface area contributed by atoms with Crippen LogP contribution in [0.4, 0.5) is 5.69 Å². The van der Waals surface area contributed by atoms with Crippen molar-refractivity contribution in [2.75, 3.05) is 14.1 Å². The molecule has 3 nitrogen and oxygen atoms in total. The van der Waals surface area contributed by atoms with Gasteiger partial charge in [-0.3, -0.25) is 0 Å². The molecule has 0 N–H and O–H groups in total. The zero-order valence-electron chi connectivity index (χ0n) is 12.2. The Balaban J connectivity index is 2.26. The highest BCUT2D eigenvalue weighted by molar-refractivity contribution is 6.09. The number of benzene rings is 2. The molecule has 0 atom stereocenters. The van der Waals surface area contributed by atoms with E-state index >= 15 is 0 Å². The van der Waals surface area contributed by atoms with E-state index in [1.165, 1.54) is 21.8 Å². The number of hydrogen-bond donors (Lipinski definition) is 0. The molecular weight excluding hydrogens is 246 g/mol. The molecule has 0 aliphatic heterocycles. The summed E-state index contributed by atoms with van der Waals surface area (Å²) in [5.41, 5.74) is 3.56. The normalized spacial score (nSPS) is 11.8. The molecule has 3 aromatic rings. The Labute approximate surface area is 119 Å². The average molecular weight is 265 g/mol. The molecule has 0 saturated heterocycles. The molecular formula is C17H19N3. The number of nitrogens with zero attached hydrogens (tertiary/aromatic N) is 3. The Morgan fingerprint density at radius 3 is 2.55 bits per heavy atom. The van der Waals surface area contributed by atoms with Gasteiger partial charge >= 0.3 is 0 Å². The lowest BCUT2D eigenvalue weighted by atomic mass is 10.1. The van der Waals surface area contributed by atoms with Gasteiger partial charge in [0.1, 0.15) is 0 Å². The van der Waals surface area contributed by atoms with Crippen LogP contribution in [0.15, 0.2) is 47.5 Å². The zero-order chi connectivity index (χ0) is 14.1. The smallest absolute Gasteiger partial charge is 0.0907 e. The molecule has 0 amide bonds. The van der Waals surface area contributed by atoms with E-state index in [4.69, 9.17) is 0 Å². The van der Waals surface area contributed by atoms with Crippen LogP contribution in [0.1, 0.15) is 6.92 Å². The average Bonchev–Trinajstić information content (AvgIpc) is 2.78. The zero-order valence-corrected chi connectivity index (χ0v) is 12.2. The molecule has 0 bridgehead atoms. The van der Waals surface area contributed by atoms with Crippen molar-refractivity contribution in [3.63, 3.8) is 0 Å². The first-order valence-electron chi connectivity index (χ1n) is 6.92. The maximum Gasteiger partial charge on any atom is 0.0907 e. The summed E-state index contributed by atoms with van der Waals surface area (Å²) in [7, 11) is 3.95. The van der Waals surface area contributed by atoms with Crippen LogP contribution >= 0.6 is 0 Å². The van der Waals surface area contributed by atoms with Crippen LogP contribution in [-0.2, 0) is 6.54 Å². The summed E-state index contributed by atoms with van der Waals surface area (Å²) in [5.74, 6) is 0. The summed E-state index contributed by atoms with van der Waals surface area (Å²) in [5, 5.41) is 2.57. The largest absolute Gasteiger partial charge is 0.369 e. The van der Waals surface area contributed by atoms with Gasteiger partial charge in [-0.15, -0.1) is 0 Å². The lowest BCUT2D eigenvalue weighted by Gasteiger charge is -2.04. The molecule has 102 valence electrons. The molecule has 3 rings (SSSR count). The first-order valence-corrected chi connectivity index (χ1v) is 6.92. The van der Waals surface area contributed by atoms with Gasteiger partial charge in [-0.05, 0) is 31.2 Å². The minimum atomic E-state index is 0.977. The fraction of sp³-hybridized carbons (Fsp3) is 0.235. The minimum Gasteiger partial charge on any atom is -0.369 e. The van der Waals surface area contributed by atoms with Crippen LogP contribution < -0.4 is 0 Å². The predicted octanol–water partition coefficient (Wildman–Crippen LogP) is 4.04. The second kappa shape index (κ2) is 5.00. The Hall–Kier alpha value is -2.29. The lowest BCUT2D eigenvalue weighted by Crippen LogP contribution is -2.06. The standard InChI is InChI=1S/C17H19N3/c1-4-20-16-8-6-5-7-14(16)15-11-13(9-10-17(15)20)18-12-19(2)3/h5-12H,4H2,1-3H3. The van der Waals surface area contributed by atoms with Gasteiger partial charge in [0.2, 0.25) is 0 Å². The van der Waals surface area contributed by atoms with Crippen molar-refractivity contribution in [3.05, 3.63) is 42.5 Å². The van der Waals surface area contributed by atoms with Crippen LogP contribution in [-0.4, -0.2) is 29.9 Å². The predicted molar refractivity (Wildman–Crippen MR) is 87.0 cm³/mol. The van der Waals surface area contributed by atoms with E-state index in [0.29, 0.717) is 0 Å². The van der Waals surface area contributed by atoms with Gasteiger partial charge in [0.25, 0.3) is 0 Å². The Bertz CT molecular complexity index is 781. The molecule has 1 aromatic heterocycles. The van der Waals surface area contributed by atoms with E-state index in [9.17, 15) is 0 Å². The molecule has 0 spiro atoms. The van der Waals surface area contributed by atoms with Crippen molar-refractivity contribution < 1.29 is 0 Å². The SMILES string of the molecule is CCn1c2ccccc2c2cc(N=CN(C)C)ccc21. The topological polar surface area (TPSA) is 20.5 Å². The molecule has 20 heavy (non-hydrogen) atoms. The van der Waals surface area contributed by atoms with E-state index in [2.05, 4.69) is 58.9 Å². The van der Waals surface area contributed by atoms with Crippen LogP contribution in [0.25, 0.3) is 21.8 Å². The molecule has 0 aliphatic carbocycles. The first-order chi connectivity index (χ1) is 9.70. The number of aryl methyl sites for hydroxylation is 1. The van der Waals surface area contributed by atoms with E-state index in [1.807, 2.05) is 25.3 Å². The second-order valence-electron chi connectivity index (χ2n) is 5.17. The van der Waals surface area contributed by atoms with Crippen LogP contribution in [0.2, 0.25) is 0 Å². The van der Waals surface area contributed by atoms with Crippen molar-refractivity contribution in [1.82, 2.24) is 9.47 Å². The van der Waals surface area contributed by atoms with Gasteiger partial charge in [-0.25, -0.2) is 4.99 Å². The number of rotatable bonds is 3. The van der Waals surface area contributed by atoms with Gasteiger partial charge in [-0.2, -0.15) is 0 Å². The Morgan fingerprint density at radius 1 is 1.05 bits per heavy atom. The maximum atomic E-state index is 4.49. The highest BCUT2D eigenvalue weighted by Crippen LogP contribution is 2.31. The summed E-state index contributed by atoms with van der Waals surface area (Å²) in [6.07, 6.45) is 1.83. The summed E-state index contributed by atoms with van der Waals surface area (Å²) < 4.78 is 2.35. The lowest BCUT2D eigenvalue weighted by molar-refractivity contribution is 0.643. The van der Waals surface area contributed by atoms with Crippen molar-refractivity contribution in [1.29, 1.82) is 0 Å². The summed E-state index contributed by atoms with van der Waals surface area (Å²) in [6, 6.07) is 15.0. The third-order valence-corrected chi connectivity index (χ3v) is 3.51. The van der Waals surface area contributed by atoms with E-state index in [-0.39, 0.29) is 0 Å². The van der Waals surface area contributed by atoms with E-state index in [0.717, 1.165) is 12.2 Å². The molecule has 1 heterocycles. The third-order valence-electron chi connectivity index (χ3n) is 3.51. The van der Waals surface area contributed by atoms with Gasteiger partial charge in [-0.1, -0.05) is 18.2 Å². The number of fused-ring (bicyclic) bond motifs is 3. The number of aliphatic imine (C=N–C) groups is 1. The first kappa shape index (κ1) is 12.7. The highest BCUT2D eigenvalue weighted by atomic mass is 15.1. The monoisotopic (exact) mass is 265 g/mol. The maximum absolute atomic E-state index is 4.49. The minimum absolute atomic E-state index is 0.977. The van der Waals surface area contributed by atoms with Crippen molar-refractivity contribution in [3.8, 4) is 0 Å². The molecule has 0 aliphatic rings. The molecule has 3 heteroatoms.